The molecule has 12 heavy (non-hydrogen) atoms. The van der Waals surface area contributed by atoms with Gasteiger partial charge in [0.15, 0.2) is 0 Å². The highest BCUT2D eigenvalue weighted by atomic mass is 14.7. The van der Waals surface area contributed by atoms with E-state index < -0.39 is 0 Å². The van der Waals surface area contributed by atoms with E-state index in [-0.39, 0.29) is 5.41 Å². The zero-order valence-corrected chi connectivity index (χ0v) is 9.60. The minimum Gasteiger partial charge on any atom is -0.266 e. The predicted molar refractivity (Wildman–Crippen MR) is 58.7 cm³/mol. The normalized spacial score (nSPS) is 12.8. The van der Waals surface area contributed by atoms with Gasteiger partial charge in [0.25, 0.3) is 0 Å². The van der Waals surface area contributed by atoms with Gasteiger partial charge >= 0.3 is 0 Å². The Morgan fingerprint density at radius 1 is 1.17 bits per heavy atom. The molecule has 0 unspecified atom stereocenters. The first-order valence-corrected chi connectivity index (χ1v) is 4.64. The first-order valence-electron chi connectivity index (χ1n) is 4.64. The van der Waals surface area contributed by atoms with Crippen molar-refractivity contribution >= 4 is 5.71 Å². The van der Waals surface area contributed by atoms with Crippen LogP contribution in [0.15, 0.2) is 17.3 Å². The van der Waals surface area contributed by atoms with Crippen molar-refractivity contribution in [1.29, 1.82) is 0 Å². The van der Waals surface area contributed by atoms with E-state index in [1.807, 2.05) is 33.0 Å². The number of nitrogens with zero attached hydrogens (tertiary/aromatic N) is 1. The molecule has 0 rings (SSSR count). The molecule has 0 aliphatic heterocycles. The van der Waals surface area contributed by atoms with Crippen molar-refractivity contribution < 1.29 is 0 Å². The SMILES string of the molecule is C/C=C\N=C(C)C(C)(C)C.CC. The molecule has 0 aromatic rings. The maximum absolute atomic E-state index is 4.25. The third kappa shape index (κ3) is 7.52. The summed E-state index contributed by atoms with van der Waals surface area (Å²) in [5.74, 6) is 0. The molecule has 0 N–H and O–H groups in total. The van der Waals surface area contributed by atoms with Crippen molar-refractivity contribution in [2.24, 2.45) is 10.4 Å². The Morgan fingerprint density at radius 2 is 1.58 bits per heavy atom. The maximum atomic E-state index is 4.25. The highest BCUT2D eigenvalue weighted by Crippen LogP contribution is 2.15. The largest absolute Gasteiger partial charge is 0.266 e. The van der Waals surface area contributed by atoms with Gasteiger partial charge in [0.05, 0.1) is 0 Å². The smallest absolute Gasteiger partial charge is 0.0224 e. The summed E-state index contributed by atoms with van der Waals surface area (Å²) in [7, 11) is 0. The lowest BCUT2D eigenvalue weighted by atomic mass is 9.91. The molecule has 0 heterocycles. The number of allylic oxidation sites excluding steroid dienone is 1. The molecule has 0 aliphatic carbocycles. The van der Waals surface area contributed by atoms with Crippen LogP contribution in [0.1, 0.15) is 48.5 Å². The molecule has 72 valence electrons. The van der Waals surface area contributed by atoms with Crippen LogP contribution in [0.2, 0.25) is 0 Å². The summed E-state index contributed by atoms with van der Waals surface area (Å²) >= 11 is 0. The van der Waals surface area contributed by atoms with Crippen molar-refractivity contribution in [3.63, 3.8) is 0 Å². The predicted octanol–water partition coefficient (Wildman–Crippen LogP) is 4.05. The van der Waals surface area contributed by atoms with E-state index in [4.69, 9.17) is 0 Å². The average molecular weight is 169 g/mol. The molecule has 0 amide bonds. The van der Waals surface area contributed by atoms with Gasteiger partial charge in [-0.1, -0.05) is 40.7 Å². The van der Waals surface area contributed by atoms with E-state index in [1.54, 1.807) is 0 Å². The molecule has 0 bridgehead atoms. The third-order valence-electron chi connectivity index (χ3n) is 1.50. The van der Waals surface area contributed by atoms with Gasteiger partial charge < -0.3 is 0 Å². The van der Waals surface area contributed by atoms with E-state index in [0.717, 1.165) is 0 Å². The van der Waals surface area contributed by atoms with Gasteiger partial charge in [-0.2, -0.15) is 0 Å². The first-order chi connectivity index (χ1) is 5.48. The van der Waals surface area contributed by atoms with Gasteiger partial charge in [0.1, 0.15) is 0 Å². The molecular formula is C11H23N. The van der Waals surface area contributed by atoms with Crippen LogP contribution in [0.25, 0.3) is 0 Å². The van der Waals surface area contributed by atoms with E-state index in [0.29, 0.717) is 0 Å². The number of hydrogen-bond donors (Lipinski definition) is 0. The lowest BCUT2D eigenvalue weighted by Crippen LogP contribution is -2.16. The summed E-state index contributed by atoms with van der Waals surface area (Å²) in [6.45, 7) is 14.5. The van der Waals surface area contributed by atoms with Crippen LogP contribution in [0.4, 0.5) is 0 Å². The molecule has 0 aliphatic rings. The van der Waals surface area contributed by atoms with Crippen molar-refractivity contribution in [2.45, 2.75) is 48.5 Å². The summed E-state index contributed by atoms with van der Waals surface area (Å²) in [5.41, 5.74) is 1.38. The van der Waals surface area contributed by atoms with E-state index in [2.05, 4.69) is 32.7 Å². The minimum absolute atomic E-state index is 0.208. The Balaban J connectivity index is 0. The summed E-state index contributed by atoms with van der Waals surface area (Å²) in [4.78, 5) is 4.25. The Hall–Kier alpha value is -0.590. The topological polar surface area (TPSA) is 12.4 Å². The monoisotopic (exact) mass is 169 g/mol. The number of aliphatic imine (C=N–C) groups is 1. The maximum Gasteiger partial charge on any atom is 0.0224 e. The van der Waals surface area contributed by atoms with Crippen LogP contribution < -0.4 is 0 Å². The molecule has 0 aromatic carbocycles. The van der Waals surface area contributed by atoms with Crippen molar-refractivity contribution in [3.05, 3.63) is 12.3 Å². The second-order valence-corrected chi connectivity index (χ2v) is 3.45. The minimum atomic E-state index is 0.208. The first kappa shape index (κ1) is 14.0. The number of hydrogen-bond acceptors (Lipinski definition) is 1. The lowest BCUT2D eigenvalue weighted by Gasteiger charge is -2.16. The summed E-state index contributed by atoms with van der Waals surface area (Å²) in [6, 6.07) is 0. The highest BCUT2D eigenvalue weighted by Gasteiger charge is 2.12. The van der Waals surface area contributed by atoms with E-state index in [9.17, 15) is 0 Å². The molecule has 1 heteroatoms. The quantitative estimate of drug-likeness (QED) is 0.525. The van der Waals surface area contributed by atoms with Crippen molar-refractivity contribution in [3.8, 4) is 0 Å². The standard InChI is InChI=1S/C9H17N.C2H6/c1-6-7-10-8(2)9(3,4)5;1-2/h6-7H,1-5H3;1-2H3/b7-6-,10-8?;. The summed E-state index contributed by atoms with van der Waals surface area (Å²) < 4.78 is 0. The average Bonchev–Trinajstić information content (AvgIpc) is 2.02. The summed E-state index contributed by atoms with van der Waals surface area (Å²) in [5, 5.41) is 0. The number of rotatable bonds is 1. The molecule has 0 aromatic heterocycles. The Bertz CT molecular complexity index is 147. The second kappa shape index (κ2) is 7.08. The van der Waals surface area contributed by atoms with E-state index in [1.165, 1.54) is 5.71 Å². The Morgan fingerprint density at radius 3 is 1.83 bits per heavy atom. The molecule has 0 fully saturated rings. The molecule has 0 spiro atoms. The zero-order chi connectivity index (χ0) is 10.2. The summed E-state index contributed by atoms with van der Waals surface area (Å²) in [6.07, 6.45) is 3.77. The van der Waals surface area contributed by atoms with E-state index >= 15 is 0 Å². The van der Waals surface area contributed by atoms with Crippen LogP contribution in [0, 0.1) is 5.41 Å². The van der Waals surface area contributed by atoms with Crippen LogP contribution in [-0.2, 0) is 0 Å². The van der Waals surface area contributed by atoms with Crippen molar-refractivity contribution in [2.75, 3.05) is 0 Å². The van der Waals surface area contributed by atoms with Gasteiger partial charge in [-0.05, 0) is 19.3 Å². The van der Waals surface area contributed by atoms with Crippen molar-refractivity contribution in [1.82, 2.24) is 0 Å². The lowest BCUT2D eigenvalue weighted by molar-refractivity contribution is 0.588. The highest BCUT2D eigenvalue weighted by molar-refractivity contribution is 5.87. The van der Waals surface area contributed by atoms with Gasteiger partial charge in [-0.3, -0.25) is 4.99 Å². The molecule has 0 radical (unpaired) electrons. The molecule has 0 saturated carbocycles. The van der Waals surface area contributed by atoms with Gasteiger partial charge in [0, 0.05) is 11.9 Å². The fourth-order valence-corrected chi connectivity index (χ4v) is 0.380. The molecular weight excluding hydrogens is 146 g/mol. The van der Waals surface area contributed by atoms with Crippen LogP contribution in [-0.4, -0.2) is 5.71 Å². The van der Waals surface area contributed by atoms with Crippen LogP contribution in [0.3, 0.4) is 0 Å². The molecule has 0 atom stereocenters. The third-order valence-corrected chi connectivity index (χ3v) is 1.50. The molecule has 1 nitrogen and oxygen atoms in total. The van der Waals surface area contributed by atoms with Gasteiger partial charge in [-0.25, -0.2) is 0 Å². The Labute approximate surface area is 77.6 Å². The van der Waals surface area contributed by atoms with Crippen LogP contribution in [0.5, 0.6) is 0 Å². The fraction of sp³-hybridized carbons (Fsp3) is 0.727. The van der Waals surface area contributed by atoms with Gasteiger partial charge in [0.2, 0.25) is 0 Å². The Kier molecular flexibility index (Phi) is 8.24. The van der Waals surface area contributed by atoms with Gasteiger partial charge in [-0.15, -0.1) is 0 Å². The second-order valence-electron chi connectivity index (χ2n) is 3.45. The fourth-order valence-electron chi connectivity index (χ4n) is 0.380. The zero-order valence-electron chi connectivity index (χ0n) is 9.60. The molecule has 0 saturated heterocycles. The van der Waals surface area contributed by atoms with Crippen LogP contribution >= 0.6 is 0 Å².